The van der Waals surface area contributed by atoms with E-state index >= 15 is 0 Å². The zero-order valence-corrected chi connectivity index (χ0v) is 9.78. The van der Waals surface area contributed by atoms with Crippen molar-refractivity contribution in [2.24, 2.45) is 0 Å². The van der Waals surface area contributed by atoms with Crippen LogP contribution in [0.3, 0.4) is 0 Å². The van der Waals surface area contributed by atoms with Gasteiger partial charge in [0.2, 0.25) is 0 Å². The number of carbonyl (C=O) groups is 1. The minimum Gasteiger partial charge on any atom is -0.377 e. The Labute approximate surface area is 95.3 Å². The molecule has 1 unspecified atom stereocenters. The number of amides is 1. The van der Waals surface area contributed by atoms with Crippen molar-refractivity contribution in [1.82, 2.24) is 5.32 Å². The normalized spacial score (nSPS) is 15.6. The standard InChI is InChI=1S/C9H14F5NO2/c1-5(7(2,3)17-4)15-6(16)8(10,11)9(12,13)14/h5H,1-4H3,(H,15,16). The summed E-state index contributed by atoms with van der Waals surface area (Å²) in [5, 5.41) is 1.58. The van der Waals surface area contributed by atoms with Crippen LogP contribution in [0.2, 0.25) is 0 Å². The highest BCUT2D eigenvalue weighted by Crippen LogP contribution is 2.35. The Morgan fingerprint density at radius 1 is 1.18 bits per heavy atom. The van der Waals surface area contributed by atoms with E-state index in [0.717, 1.165) is 0 Å². The smallest absolute Gasteiger partial charge is 0.377 e. The van der Waals surface area contributed by atoms with Crippen LogP contribution in [0.15, 0.2) is 0 Å². The molecular formula is C9H14F5NO2. The Balaban J connectivity index is 4.78. The van der Waals surface area contributed by atoms with Gasteiger partial charge in [-0.25, -0.2) is 0 Å². The van der Waals surface area contributed by atoms with Crippen molar-refractivity contribution in [2.45, 2.75) is 44.5 Å². The summed E-state index contributed by atoms with van der Waals surface area (Å²) in [5.74, 6) is -7.80. The number of rotatable bonds is 4. The lowest BCUT2D eigenvalue weighted by Gasteiger charge is -2.32. The second kappa shape index (κ2) is 4.75. The third kappa shape index (κ3) is 3.52. The van der Waals surface area contributed by atoms with E-state index in [1.807, 2.05) is 0 Å². The van der Waals surface area contributed by atoms with E-state index in [9.17, 15) is 26.7 Å². The molecular weight excluding hydrogens is 249 g/mol. The Morgan fingerprint density at radius 3 is 1.88 bits per heavy atom. The lowest BCUT2D eigenvalue weighted by atomic mass is 10.00. The minimum absolute atomic E-state index is 1.01. The van der Waals surface area contributed by atoms with Gasteiger partial charge in [0.15, 0.2) is 0 Å². The molecule has 0 bridgehead atoms. The summed E-state index contributed by atoms with van der Waals surface area (Å²) in [5.41, 5.74) is -1.06. The zero-order chi connectivity index (χ0) is 14.1. The molecule has 8 heteroatoms. The van der Waals surface area contributed by atoms with Crippen LogP contribution in [0.25, 0.3) is 0 Å². The number of nitrogens with one attached hydrogen (secondary N) is 1. The SMILES string of the molecule is COC(C)(C)C(C)NC(=O)C(F)(F)C(F)(F)F. The van der Waals surface area contributed by atoms with Crippen molar-refractivity contribution in [3.8, 4) is 0 Å². The molecule has 0 saturated carbocycles. The first-order valence-corrected chi connectivity index (χ1v) is 4.67. The number of alkyl halides is 5. The summed E-state index contributed by atoms with van der Waals surface area (Å²) in [6.07, 6.45) is -5.91. The number of methoxy groups -OCH3 is 1. The van der Waals surface area contributed by atoms with Crippen LogP contribution in [-0.4, -0.2) is 36.8 Å². The zero-order valence-electron chi connectivity index (χ0n) is 9.78. The molecule has 1 N–H and O–H groups in total. The second-order valence-electron chi connectivity index (χ2n) is 4.07. The first kappa shape index (κ1) is 16.1. The number of carbonyl (C=O) groups excluding carboxylic acids is 1. The maximum absolute atomic E-state index is 12.6. The van der Waals surface area contributed by atoms with Crippen molar-refractivity contribution >= 4 is 5.91 Å². The average Bonchev–Trinajstić information content (AvgIpc) is 2.15. The fourth-order valence-electron chi connectivity index (χ4n) is 0.767. The molecule has 0 aromatic carbocycles. The first-order valence-electron chi connectivity index (χ1n) is 4.67. The van der Waals surface area contributed by atoms with Gasteiger partial charge in [-0.3, -0.25) is 4.79 Å². The predicted octanol–water partition coefficient (Wildman–Crippen LogP) is 2.11. The highest BCUT2D eigenvalue weighted by Gasteiger charge is 2.63. The van der Waals surface area contributed by atoms with Crippen molar-refractivity contribution < 1.29 is 31.5 Å². The van der Waals surface area contributed by atoms with Crippen LogP contribution in [0.4, 0.5) is 22.0 Å². The van der Waals surface area contributed by atoms with Crippen molar-refractivity contribution in [2.75, 3.05) is 7.11 Å². The van der Waals surface area contributed by atoms with Crippen molar-refractivity contribution in [3.63, 3.8) is 0 Å². The van der Waals surface area contributed by atoms with Crippen LogP contribution in [0, 0.1) is 0 Å². The van der Waals surface area contributed by atoms with Gasteiger partial charge >= 0.3 is 18.0 Å². The molecule has 0 aromatic heterocycles. The molecule has 102 valence electrons. The molecule has 0 heterocycles. The van der Waals surface area contributed by atoms with Gasteiger partial charge in [0.05, 0.1) is 11.6 Å². The molecule has 0 rings (SSSR count). The Morgan fingerprint density at radius 2 is 1.59 bits per heavy atom. The minimum atomic E-state index is -5.91. The molecule has 17 heavy (non-hydrogen) atoms. The van der Waals surface area contributed by atoms with Gasteiger partial charge in [-0.2, -0.15) is 22.0 Å². The number of halogens is 5. The monoisotopic (exact) mass is 263 g/mol. The molecule has 0 radical (unpaired) electrons. The summed E-state index contributed by atoms with van der Waals surface area (Å²) >= 11 is 0. The third-order valence-electron chi connectivity index (χ3n) is 2.56. The number of ether oxygens (including phenoxy) is 1. The Hall–Kier alpha value is -0.920. The second-order valence-corrected chi connectivity index (χ2v) is 4.07. The fourth-order valence-corrected chi connectivity index (χ4v) is 0.767. The van der Waals surface area contributed by atoms with E-state index in [1.54, 1.807) is 5.32 Å². The van der Waals surface area contributed by atoms with Gasteiger partial charge in [-0.15, -0.1) is 0 Å². The van der Waals surface area contributed by atoms with E-state index in [4.69, 9.17) is 4.74 Å². The van der Waals surface area contributed by atoms with Crippen LogP contribution in [0.1, 0.15) is 20.8 Å². The van der Waals surface area contributed by atoms with Gasteiger partial charge < -0.3 is 10.1 Å². The number of hydrogen-bond acceptors (Lipinski definition) is 2. The molecule has 0 saturated heterocycles. The maximum Gasteiger partial charge on any atom is 0.463 e. The summed E-state index contributed by atoms with van der Waals surface area (Å²) in [4.78, 5) is 10.8. The molecule has 1 atom stereocenters. The van der Waals surface area contributed by atoms with E-state index in [1.165, 1.54) is 27.9 Å². The van der Waals surface area contributed by atoms with E-state index < -0.39 is 29.6 Å². The van der Waals surface area contributed by atoms with Gasteiger partial charge in [-0.05, 0) is 20.8 Å². The van der Waals surface area contributed by atoms with Crippen LogP contribution < -0.4 is 5.32 Å². The lowest BCUT2D eigenvalue weighted by Crippen LogP contribution is -2.57. The maximum atomic E-state index is 12.6. The summed E-state index contributed by atoms with van der Waals surface area (Å²) in [7, 11) is 1.25. The van der Waals surface area contributed by atoms with Crippen LogP contribution >= 0.6 is 0 Å². The van der Waals surface area contributed by atoms with Gasteiger partial charge in [0, 0.05) is 7.11 Å². The Kier molecular flexibility index (Phi) is 4.50. The van der Waals surface area contributed by atoms with Gasteiger partial charge in [0.1, 0.15) is 0 Å². The molecule has 0 fully saturated rings. The number of hydrogen-bond donors (Lipinski definition) is 1. The Bertz CT molecular complexity index is 288. The van der Waals surface area contributed by atoms with Gasteiger partial charge in [-0.1, -0.05) is 0 Å². The molecule has 0 aliphatic heterocycles. The van der Waals surface area contributed by atoms with Crippen LogP contribution in [-0.2, 0) is 9.53 Å². The average molecular weight is 263 g/mol. The van der Waals surface area contributed by atoms with Crippen LogP contribution in [0.5, 0.6) is 0 Å². The van der Waals surface area contributed by atoms with E-state index in [0.29, 0.717) is 0 Å². The molecule has 0 spiro atoms. The molecule has 0 aliphatic rings. The molecule has 0 aromatic rings. The van der Waals surface area contributed by atoms with Crippen molar-refractivity contribution in [1.29, 1.82) is 0 Å². The molecule has 1 amide bonds. The van der Waals surface area contributed by atoms with E-state index in [2.05, 4.69) is 0 Å². The molecule has 3 nitrogen and oxygen atoms in total. The molecule has 0 aliphatic carbocycles. The topological polar surface area (TPSA) is 38.3 Å². The summed E-state index contributed by atoms with van der Waals surface area (Å²) in [6, 6.07) is -1.01. The van der Waals surface area contributed by atoms with E-state index in [-0.39, 0.29) is 0 Å². The highest BCUT2D eigenvalue weighted by molar-refractivity contribution is 5.84. The first-order chi connectivity index (χ1) is 7.36. The largest absolute Gasteiger partial charge is 0.463 e. The highest BCUT2D eigenvalue weighted by atomic mass is 19.4. The summed E-state index contributed by atoms with van der Waals surface area (Å²) in [6.45, 7) is 4.17. The fraction of sp³-hybridized carbons (Fsp3) is 0.889. The van der Waals surface area contributed by atoms with Gasteiger partial charge in [0.25, 0.3) is 0 Å². The lowest BCUT2D eigenvalue weighted by molar-refractivity contribution is -0.270. The predicted molar refractivity (Wildman–Crippen MR) is 49.7 cm³/mol. The third-order valence-corrected chi connectivity index (χ3v) is 2.56. The van der Waals surface area contributed by atoms with Crippen molar-refractivity contribution in [3.05, 3.63) is 0 Å². The summed E-state index contributed by atoms with van der Waals surface area (Å²) < 4.78 is 65.7. The quantitative estimate of drug-likeness (QED) is 0.789.